The zero-order valence-electron chi connectivity index (χ0n) is 11.0. The molecule has 0 spiro atoms. The Morgan fingerprint density at radius 1 is 1.11 bits per heavy atom. The van der Waals surface area contributed by atoms with E-state index in [-0.39, 0.29) is 5.91 Å². The van der Waals surface area contributed by atoms with Crippen molar-refractivity contribution in [3.8, 4) is 0 Å². The number of carbonyl (C=O) groups excluding carboxylic acids is 1. The molecule has 2 rings (SSSR count). The summed E-state index contributed by atoms with van der Waals surface area (Å²) >= 11 is 0. The SMILES string of the molecule is CCc1cccc(NC(=O)c2ccc(CN)cc2)c1. The second-order valence-electron chi connectivity index (χ2n) is 4.41. The van der Waals surface area contributed by atoms with Gasteiger partial charge in [-0.15, -0.1) is 0 Å². The van der Waals surface area contributed by atoms with Crippen molar-refractivity contribution in [3.05, 3.63) is 65.2 Å². The number of nitrogens with one attached hydrogen (secondary N) is 1. The fraction of sp³-hybridized carbons (Fsp3) is 0.188. The first-order chi connectivity index (χ1) is 9.22. The molecule has 0 heterocycles. The van der Waals surface area contributed by atoms with Crippen molar-refractivity contribution in [2.45, 2.75) is 19.9 Å². The lowest BCUT2D eigenvalue weighted by Crippen LogP contribution is -2.12. The molecular formula is C16H18N2O. The summed E-state index contributed by atoms with van der Waals surface area (Å²) in [6, 6.07) is 15.2. The highest BCUT2D eigenvalue weighted by Gasteiger charge is 2.05. The second kappa shape index (κ2) is 6.16. The van der Waals surface area contributed by atoms with Crippen molar-refractivity contribution >= 4 is 11.6 Å². The predicted molar refractivity (Wildman–Crippen MR) is 78.1 cm³/mol. The molecule has 1 amide bonds. The third-order valence-corrected chi connectivity index (χ3v) is 3.04. The molecule has 0 unspecified atom stereocenters. The van der Waals surface area contributed by atoms with E-state index >= 15 is 0 Å². The molecule has 0 atom stereocenters. The van der Waals surface area contributed by atoms with E-state index in [1.54, 1.807) is 12.1 Å². The van der Waals surface area contributed by atoms with Crippen LogP contribution in [-0.2, 0) is 13.0 Å². The Morgan fingerprint density at radius 2 is 1.84 bits per heavy atom. The topological polar surface area (TPSA) is 55.1 Å². The summed E-state index contributed by atoms with van der Waals surface area (Å²) in [4.78, 5) is 12.1. The van der Waals surface area contributed by atoms with Gasteiger partial charge in [0.05, 0.1) is 0 Å². The summed E-state index contributed by atoms with van der Waals surface area (Å²) < 4.78 is 0. The smallest absolute Gasteiger partial charge is 0.255 e. The quantitative estimate of drug-likeness (QED) is 0.881. The van der Waals surface area contributed by atoms with E-state index in [0.717, 1.165) is 17.7 Å². The summed E-state index contributed by atoms with van der Waals surface area (Å²) in [7, 11) is 0. The number of carbonyl (C=O) groups is 1. The Morgan fingerprint density at radius 3 is 2.47 bits per heavy atom. The van der Waals surface area contributed by atoms with Gasteiger partial charge in [-0.1, -0.05) is 31.2 Å². The molecule has 0 aliphatic rings. The molecule has 0 saturated heterocycles. The third-order valence-electron chi connectivity index (χ3n) is 3.04. The van der Waals surface area contributed by atoms with Gasteiger partial charge in [-0.2, -0.15) is 0 Å². The highest BCUT2D eigenvalue weighted by molar-refractivity contribution is 6.04. The molecule has 0 bridgehead atoms. The van der Waals surface area contributed by atoms with Crippen LogP contribution in [-0.4, -0.2) is 5.91 Å². The highest BCUT2D eigenvalue weighted by atomic mass is 16.1. The summed E-state index contributed by atoms with van der Waals surface area (Å²) in [5.74, 6) is -0.100. The summed E-state index contributed by atoms with van der Waals surface area (Å²) in [5, 5.41) is 2.90. The normalized spacial score (nSPS) is 10.2. The van der Waals surface area contributed by atoms with Crippen LogP contribution in [0.4, 0.5) is 5.69 Å². The van der Waals surface area contributed by atoms with E-state index < -0.39 is 0 Å². The predicted octanol–water partition coefficient (Wildman–Crippen LogP) is 2.96. The number of aryl methyl sites for hydroxylation is 1. The molecule has 19 heavy (non-hydrogen) atoms. The molecule has 2 aromatic carbocycles. The minimum absolute atomic E-state index is 0.100. The van der Waals surface area contributed by atoms with Gasteiger partial charge < -0.3 is 11.1 Å². The van der Waals surface area contributed by atoms with Crippen molar-refractivity contribution in [3.63, 3.8) is 0 Å². The van der Waals surface area contributed by atoms with Crippen LogP contribution in [0.3, 0.4) is 0 Å². The minimum atomic E-state index is -0.100. The summed E-state index contributed by atoms with van der Waals surface area (Å²) in [6.45, 7) is 2.58. The third kappa shape index (κ3) is 3.42. The molecule has 3 N–H and O–H groups in total. The van der Waals surface area contributed by atoms with Gasteiger partial charge in [-0.3, -0.25) is 4.79 Å². The van der Waals surface area contributed by atoms with Crippen LogP contribution in [0.15, 0.2) is 48.5 Å². The zero-order chi connectivity index (χ0) is 13.7. The van der Waals surface area contributed by atoms with Gasteiger partial charge in [0.1, 0.15) is 0 Å². The van der Waals surface area contributed by atoms with Gasteiger partial charge >= 0.3 is 0 Å². The second-order valence-corrected chi connectivity index (χ2v) is 4.41. The molecule has 0 fully saturated rings. The van der Waals surface area contributed by atoms with Crippen LogP contribution in [0.2, 0.25) is 0 Å². The van der Waals surface area contributed by atoms with Crippen LogP contribution >= 0.6 is 0 Å². The van der Waals surface area contributed by atoms with E-state index in [9.17, 15) is 4.79 Å². The van der Waals surface area contributed by atoms with Crippen LogP contribution in [0.5, 0.6) is 0 Å². The van der Waals surface area contributed by atoms with Crippen LogP contribution in [0.25, 0.3) is 0 Å². The Labute approximate surface area is 113 Å². The number of amides is 1. The minimum Gasteiger partial charge on any atom is -0.326 e. The monoisotopic (exact) mass is 254 g/mol. The van der Waals surface area contributed by atoms with Crippen LogP contribution in [0.1, 0.15) is 28.4 Å². The molecular weight excluding hydrogens is 236 g/mol. The molecule has 98 valence electrons. The number of hydrogen-bond acceptors (Lipinski definition) is 2. The van der Waals surface area contributed by atoms with Gasteiger partial charge in [-0.25, -0.2) is 0 Å². The van der Waals surface area contributed by atoms with Gasteiger partial charge in [0, 0.05) is 17.8 Å². The molecule has 0 aromatic heterocycles. The lowest BCUT2D eigenvalue weighted by Gasteiger charge is -2.07. The molecule has 2 aromatic rings. The standard InChI is InChI=1S/C16H18N2O/c1-2-12-4-3-5-15(10-12)18-16(19)14-8-6-13(11-17)7-9-14/h3-10H,2,11,17H2,1H3,(H,18,19). The molecule has 0 aliphatic heterocycles. The lowest BCUT2D eigenvalue weighted by molar-refractivity contribution is 0.102. The fourth-order valence-electron chi connectivity index (χ4n) is 1.86. The van der Waals surface area contributed by atoms with E-state index in [2.05, 4.69) is 12.2 Å². The van der Waals surface area contributed by atoms with Gasteiger partial charge in [-0.05, 0) is 41.8 Å². The van der Waals surface area contributed by atoms with Crippen molar-refractivity contribution in [2.75, 3.05) is 5.32 Å². The van der Waals surface area contributed by atoms with Gasteiger partial charge in [0.15, 0.2) is 0 Å². The van der Waals surface area contributed by atoms with Crippen molar-refractivity contribution in [2.24, 2.45) is 5.73 Å². The Kier molecular flexibility index (Phi) is 4.31. The first kappa shape index (κ1) is 13.3. The maximum absolute atomic E-state index is 12.1. The molecule has 3 heteroatoms. The number of nitrogens with two attached hydrogens (primary N) is 1. The zero-order valence-corrected chi connectivity index (χ0v) is 11.0. The Balaban J connectivity index is 2.11. The fourth-order valence-corrected chi connectivity index (χ4v) is 1.86. The van der Waals surface area contributed by atoms with Crippen molar-refractivity contribution in [1.29, 1.82) is 0 Å². The number of benzene rings is 2. The van der Waals surface area contributed by atoms with E-state index in [1.165, 1.54) is 5.56 Å². The maximum atomic E-state index is 12.1. The van der Waals surface area contributed by atoms with Crippen LogP contribution in [0, 0.1) is 0 Å². The maximum Gasteiger partial charge on any atom is 0.255 e. The van der Waals surface area contributed by atoms with E-state index in [0.29, 0.717) is 12.1 Å². The summed E-state index contributed by atoms with van der Waals surface area (Å²) in [6.07, 6.45) is 0.953. The number of anilines is 1. The van der Waals surface area contributed by atoms with Gasteiger partial charge in [0.25, 0.3) is 5.91 Å². The van der Waals surface area contributed by atoms with Crippen LogP contribution < -0.4 is 11.1 Å². The van der Waals surface area contributed by atoms with E-state index in [1.807, 2.05) is 36.4 Å². The largest absolute Gasteiger partial charge is 0.326 e. The average Bonchev–Trinajstić information content (AvgIpc) is 2.47. The Bertz CT molecular complexity index is 561. The van der Waals surface area contributed by atoms with Crippen molar-refractivity contribution in [1.82, 2.24) is 0 Å². The molecule has 0 saturated carbocycles. The molecule has 0 radical (unpaired) electrons. The molecule has 3 nitrogen and oxygen atoms in total. The average molecular weight is 254 g/mol. The highest BCUT2D eigenvalue weighted by Crippen LogP contribution is 2.13. The molecule has 0 aliphatic carbocycles. The lowest BCUT2D eigenvalue weighted by atomic mass is 10.1. The van der Waals surface area contributed by atoms with Crippen molar-refractivity contribution < 1.29 is 4.79 Å². The van der Waals surface area contributed by atoms with Gasteiger partial charge in [0.2, 0.25) is 0 Å². The first-order valence-corrected chi connectivity index (χ1v) is 6.42. The number of hydrogen-bond donors (Lipinski definition) is 2. The Hall–Kier alpha value is -2.13. The first-order valence-electron chi connectivity index (χ1n) is 6.42. The summed E-state index contributed by atoms with van der Waals surface area (Å²) in [5.41, 5.74) is 9.22. The van der Waals surface area contributed by atoms with E-state index in [4.69, 9.17) is 5.73 Å². The number of rotatable bonds is 4.